The molecule has 0 bridgehead atoms. The van der Waals surface area contributed by atoms with Gasteiger partial charge in [0.15, 0.2) is 0 Å². The second kappa shape index (κ2) is 6.37. The molecule has 0 saturated heterocycles. The number of nitrogens with zero attached hydrogens (tertiary/aromatic N) is 1. The van der Waals surface area contributed by atoms with Gasteiger partial charge in [0.05, 0.1) is 24.6 Å². The summed E-state index contributed by atoms with van der Waals surface area (Å²) in [6, 6.07) is 7.10. The van der Waals surface area contributed by atoms with Gasteiger partial charge in [0.25, 0.3) is 5.91 Å². The smallest absolute Gasteiger partial charge is 0.259 e. The van der Waals surface area contributed by atoms with E-state index in [1.165, 1.54) is 7.11 Å². The molecule has 0 aliphatic heterocycles. The molecule has 0 aliphatic carbocycles. The fraction of sp³-hybridized carbons (Fsp3) is 0.143. The van der Waals surface area contributed by atoms with Crippen LogP contribution in [0.3, 0.4) is 0 Å². The quantitative estimate of drug-likeness (QED) is 0.787. The van der Waals surface area contributed by atoms with E-state index in [0.29, 0.717) is 17.0 Å². The molecule has 0 radical (unpaired) electrons. The number of hydrogen-bond acceptors (Lipinski definition) is 3. The van der Waals surface area contributed by atoms with Gasteiger partial charge in [-0.1, -0.05) is 15.9 Å². The average Bonchev–Trinajstić information content (AvgIpc) is 2.42. The third-order valence-electron chi connectivity index (χ3n) is 2.68. The summed E-state index contributed by atoms with van der Waals surface area (Å²) in [6.45, 7) is 1.91. The van der Waals surface area contributed by atoms with E-state index in [-0.39, 0.29) is 5.91 Å². The van der Waals surface area contributed by atoms with Gasteiger partial charge in [0.1, 0.15) is 10.4 Å². The van der Waals surface area contributed by atoms with Crippen molar-refractivity contribution in [3.05, 3.63) is 50.7 Å². The molecule has 1 heterocycles. The normalized spacial score (nSPS) is 10.2. The van der Waals surface area contributed by atoms with Gasteiger partial charge in [0, 0.05) is 4.47 Å². The molecule has 2 aromatic rings. The zero-order chi connectivity index (χ0) is 14.7. The van der Waals surface area contributed by atoms with E-state index >= 15 is 0 Å². The molecule has 1 N–H and O–H groups in total. The van der Waals surface area contributed by atoms with E-state index in [0.717, 1.165) is 14.6 Å². The zero-order valence-corrected chi connectivity index (χ0v) is 14.1. The highest BCUT2D eigenvalue weighted by molar-refractivity contribution is 9.10. The highest BCUT2D eigenvalue weighted by atomic mass is 79.9. The third kappa shape index (κ3) is 3.37. The molecule has 6 heteroatoms. The van der Waals surface area contributed by atoms with Crippen molar-refractivity contribution in [2.45, 2.75) is 6.92 Å². The van der Waals surface area contributed by atoms with Crippen LogP contribution >= 0.6 is 31.9 Å². The van der Waals surface area contributed by atoms with E-state index in [1.54, 1.807) is 24.4 Å². The van der Waals surface area contributed by atoms with E-state index < -0.39 is 0 Å². The summed E-state index contributed by atoms with van der Waals surface area (Å²) >= 11 is 6.67. The molecule has 0 fully saturated rings. The lowest BCUT2D eigenvalue weighted by atomic mass is 10.2. The van der Waals surface area contributed by atoms with Crippen molar-refractivity contribution in [1.82, 2.24) is 4.98 Å². The second-order valence-corrected chi connectivity index (χ2v) is 5.80. The van der Waals surface area contributed by atoms with Crippen LogP contribution in [0.4, 0.5) is 5.69 Å². The SMILES string of the molecule is COc1cc(Br)ccc1C(=O)Nc1cnc(Br)c(C)c1. The lowest BCUT2D eigenvalue weighted by molar-refractivity contribution is 0.102. The fourth-order valence-electron chi connectivity index (χ4n) is 1.68. The molecular weight excluding hydrogens is 388 g/mol. The summed E-state index contributed by atoms with van der Waals surface area (Å²) in [5.74, 6) is 0.275. The predicted octanol–water partition coefficient (Wildman–Crippen LogP) is 4.18. The first-order valence-electron chi connectivity index (χ1n) is 5.78. The number of rotatable bonds is 3. The lowest BCUT2D eigenvalue weighted by Gasteiger charge is -2.10. The van der Waals surface area contributed by atoms with Crippen molar-refractivity contribution < 1.29 is 9.53 Å². The number of aryl methyl sites for hydroxylation is 1. The molecule has 2 rings (SSSR count). The van der Waals surface area contributed by atoms with Crippen molar-refractivity contribution in [2.24, 2.45) is 0 Å². The summed E-state index contributed by atoms with van der Waals surface area (Å²) in [6.07, 6.45) is 1.60. The number of carbonyl (C=O) groups is 1. The summed E-state index contributed by atoms with van der Waals surface area (Å²) in [5.41, 5.74) is 2.06. The van der Waals surface area contributed by atoms with Crippen LogP contribution in [-0.4, -0.2) is 18.0 Å². The van der Waals surface area contributed by atoms with Crippen LogP contribution in [0.2, 0.25) is 0 Å². The molecule has 0 atom stereocenters. The van der Waals surface area contributed by atoms with E-state index in [1.807, 2.05) is 13.0 Å². The van der Waals surface area contributed by atoms with Crippen LogP contribution in [0.5, 0.6) is 5.75 Å². The Morgan fingerprint density at radius 1 is 1.30 bits per heavy atom. The molecular formula is C14H12Br2N2O2. The number of ether oxygens (including phenoxy) is 1. The number of anilines is 1. The molecule has 104 valence electrons. The Labute approximate surface area is 133 Å². The van der Waals surface area contributed by atoms with Gasteiger partial charge >= 0.3 is 0 Å². The third-order valence-corrected chi connectivity index (χ3v) is 4.00. The topological polar surface area (TPSA) is 51.2 Å². The van der Waals surface area contributed by atoms with E-state index in [4.69, 9.17) is 4.74 Å². The predicted molar refractivity (Wildman–Crippen MR) is 85.3 cm³/mol. The Morgan fingerprint density at radius 2 is 2.05 bits per heavy atom. The van der Waals surface area contributed by atoms with Crippen LogP contribution < -0.4 is 10.1 Å². The van der Waals surface area contributed by atoms with Gasteiger partial charge in [-0.3, -0.25) is 4.79 Å². The number of amides is 1. The number of halogens is 2. The summed E-state index contributed by atoms with van der Waals surface area (Å²) in [7, 11) is 1.53. The highest BCUT2D eigenvalue weighted by Crippen LogP contribution is 2.25. The molecule has 0 unspecified atom stereocenters. The monoisotopic (exact) mass is 398 g/mol. The van der Waals surface area contributed by atoms with Crippen molar-refractivity contribution in [1.29, 1.82) is 0 Å². The Kier molecular flexibility index (Phi) is 4.77. The summed E-state index contributed by atoms with van der Waals surface area (Å²) in [5, 5.41) is 2.80. The average molecular weight is 400 g/mol. The first-order valence-corrected chi connectivity index (χ1v) is 7.37. The zero-order valence-electron chi connectivity index (χ0n) is 10.9. The number of carbonyl (C=O) groups excluding carboxylic acids is 1. The maximum Gasteiger partial charge on any atom is 0.259 e. The van der Waals surface area contributed by atoms with Crippen molar-refractivity contribution in [3.63, 3.8) is 0 Å². The first-order chi connectivity index (χ1) is 9.51. The number of nitrogens with one attached hydrogen (secondary N) is 1. The minimum absolute atomic E-state index is 0.238. The number of hydrogen-bond donors (Lipinski definition) is 1. The Bertz CT molecular complexity index is 660. The maximum atomic E-state index is 12.3. The molecule has 1 aromatic carbocycles. The van der Waals surface area contributed by atoms with E-state index in [9.17, 15) is 4.79 Å². The standard InChI is InChI=1S/C14H12Br2N2O2/c1-8-5-10(7-17-13(8)16)18-14(19)11-4-3-9(15)6-12(11)20-2/h3-7H,1-2H3,(H,18,19). The molecule has 1 amide bonds. The Morgan fingerprint density at radius 3 is 2.70 bits per heavy atom. The highest BCUT2D eigenvalue weighted by Gasteiger charge is 2.13. The maximum absolute atomic E-state index is 12.3. The van der Waals surface area contributed by atoms with Crippen LogP contribution in [-0.2, 0) is 0 Å². The molecule has 0 saturated carbocycles. The van der Waals surface area contributed by atoms with Crippen molar-refractivity contribution in [3.8, 4) is 5.75 Å². The van der Waals surface area contributed by atoms with Crippen LogP contribution in [0.15, 0.2) is 39.5 Å². The van der Waals surface area contributed by atoms with E-state index in [2.05, 4.69) is 42.2 Å². The Hall–Kier alpha value is -1.40. The molecule has 0 spiro atoms. The number of aromatic nitrogens is 1. The molecule has 4 nitrogen and oxygen atoms in total. The molecule has 1 aromatic heterocycles. The summed E-state index contributed by atoms with van der Waals surface area (Å²) < 4.78 is 6.83. The van der Waals surface area contributed by atoms with Crippen LogP contribution in [0.25, 0.3) is 0 Å². The van der Waals surface area contributed by atoms with Gasteiger partial charge in [-0.25, -0.2) is 4.98 Å². The van der Waals surface area contributed by atoms with Gasteiger partial charge < -0.3 is 10.1 Å². The van der Waals surface area contributed by atoms with Gasteiger partial charge in [-0.05, 0) is 52.7 Å². The second-order valence-electron chi connectivity index (χ2n) is 4.13. The number of benzene rings is 1. The van der Waals surface area contributed by atoms with Gasteiger partial charge in [-0.15, -0.1) is 0 Å². The minimum atomic E-state index is -0.238. The van der Waals surface area contributed by atoms with Gasteiger partial charge in [-0.2, -0.15) is 0 Å². The minimum Gasteiger partial charge on any atom is -0.496 e. The van der Waals surface area contributed by atoms with Crippen molar-refractivity contribution >= 4 is 43.5 Å². The van der Waals surface area contributed by atoms with Crippen LogP contribution in [0.1, 0.15) is 15.9 Å². The fourth-order valence-corrected chi connectivity index (χ4v) is 2.23. The summed E-state index contributed by atoms with van der Waals surface area (Å²) in [4.78, 5) is 16.4. The Balaban J connectivity index is 2.25. The van der Waals surface area contributed by atoms with Crippen LogP contribution in [0, 0.1) is 6.92 Å². The van der Waals surface area contributed by atoms with Crippen molar-refractivity contribution in [2.75, 3.05) is 12.4 Å². The molecule has 20 heavy (non-hydrogen) atoms. The molecule has 0 aliphatic rings. The number of methoxy groups -OCH3 is 1. The number of pyridine rings is 1. The largest absolute Gasteiger partial charge is 0.496 e. The van der Waals surface area contributed by atoms with Gasteiger partial charge in [0.2, 0.25) is 0 Å². The lowest BCUT2D eigenvalue weighted by Crippen LogP contribution is -2.13. The first kappa shape index (κ1) is 15.0.